The lowest BCUT2D eigenvalue weighted by Crippen LogP contribution is -2.39. The van der Waals surface area contributed by atoms with Crippen molar-refractivity contribution < 1.29 is 0 Å². The van der Waals surface area contributed by atoms with Crippen LogP contribution >= 0.6 is 0 Å². The van der Waals surface area contributed by atoms with Crippen LogP contribution in [0, 0.1) is 0 Å². The quantitative estimate of drug-likeness (QED) is 0.720. The molecule has 0 saturated heterocycles. The zero-order valence-electron chi connectivity index (χ0n) is 14.2. The Bertz CT molecular complexity index is 787. The summed E-state index contributed by atoms with van der Waals surface area (Å²) < 4.78 is 4.40. The largest absolute Gasteiger partial charge is 0.348 e. The van der Waals surface area contributed by atoms with Gasteiger partial charge in [-0.2, -0.15) is 5.10 Å². The Kier molecular flexibility index (Phi) is 4.22. The molecule has 4 nitrogen and oxygen atoms in total. The fourth-order valence-corrected chi connectivity index (χ4v) is 3.67. The Labute approximate surface area is 143 Å². The first kappa shape index (κ1) is 15.2. The average molecular weight is 320 g/mol. The van der Waals surface area contributed by atoms with E-state index in [1.807, 2.05) is 10.9 Å². The second-order valence-electron chi connectivity index (χ2n) is 6.43. The van der Waals surface area contributed by atoms with E-state index in [0.29, 0.717) is 6.04 Å². The van der Waals surface area contributed by atoms with Gasteiger partial charge in [-0.15, -0.1) is 0 Å². The minimum absolute atomic E-state index is 0.344. The minimum Gasteiger partial charge on any atom is -0.348 e. The topological polar surface area (TPSA) is 26.0 Å². The smallest absolute Gasteiger partial charge is 0.0756 e. The Morgan fingerprint density at radius 3 is 2.75 bits per heavy atom. The highest BCUT2D eigenvalue weighted by molar-refractivity contribution is 5.30. The summed E-state index contributed by atoms with van der Waals surface area (Å²) in [5, 5.41) is 4.40. The summed E-state index contributed by atoms with van der Waals surface area (Å²) in [6.07, 6.45) is 7.43. The van der Waals surface area contributed by atoms with Crippen molar-refractivity contribution in [2.24, 2.45) is 0 Å². The molecule has 1 aromatic carbocycles. The lowest BCUT2D eigenvalue weighted by Gasteiger charge is -2.37. The van der Waals surface area contributed by atoms with Crippen molar-refractivity contribution >= 4 is 0 Å². The summed E-state index contributed by atoms with van der Waals surface area (Å²) >= 11 is 0. The van der Waals surface area contributed by atoms with Crippen LogP contribution in [0.15, 0.2) is 61.1 Å². The van der Waals surface area contributed by atoms with Crippen LogP contribution < -0.4 is 0 Å². The van der Waals surface area contributed by atoms with Crippen LogP contribution in [-0.2, 0) is 19.5 Å². The van der Waals surface area contributed by atoms with Crippen LogP contribution in [0.1, 0.15) is 29.8 Å². The van der Waals surface area contributed by atoms with Gasteiger partial charge in [0.05, 0.1) is 12.2 Å². The number of nitrogens with zero attached hydrogens (tertiary/aromatic N) is 4. The highest BCUT2D eigenvalue weighted by Gasteiger charge is 2.28. The average Bonchev–Trinajstić information content (AvgIpc) is 3.29. The lowest BCUT2D eigenvalue weighted by molar-refractivity contribution is 0.185. The predicted molar refractivity (Wildman–Crippen MR) is 95.9 cm³/mol. The van der Waals surface area contributed by atoms with Crippen LogP contribution in [0.5, 0.6) is 0 Å². The van der Waals surface area contributed by atoms with Crippen LogP contribution in [0.4, 0.5) is 0 Å². The summed E-state index contributed by atoms with van der Waals surface area (Å²) in [5.74, 6) is 0. The van der Waals surface area contributed by atoms with Crippen molar-refractivity contribution in [2.75, 3.05) is 13.1 Å². The van der Waals surface area contributed by atoms with Crippen LogP contribution in [0.25, 0.3) is 0 Å². The molecule has 0 saturated carbocycles. The van der Waals surface area contributed by atoms with Gasteiger partial charge in [-0.3, -0.25) is 9.58 Å². The van der Waals surface area contributed by atoms with Gasteiger partial charge in [0.15, 0.2) is 0 Å². The van der Waals surface area contributed by atoms with Crippen molar-refractivity contribution in [1.82, 2.24) is 19.2 Å². The summed E-state index contributed by atoms with van der Waals surface area (Å²) in [7, 11) is 0. The first-order chi connectivity index (χ1) is 11.8. The fraction of sp³-hybridized carbons (Fsp3) is 0.350. The standard InChI is InChI=1S/C20H24N4/c1-2-24-16-17(15-21-24)10-12-23-14-13-22-11-6-9-19(22)20(23)18-7-4-3-5-8-18/h3-9,11,15-16,20H,2,10,12-14H2,1H3/t20-/m0/s1. The molecule has 0 spiro atoms. The summed E-state index contributed by atoms with van der Waals surface area (Å²) in [4.78, 5) is 2.61. The molecule has 0 radical (unpaired) electrons. The number of hydrogen-bond acceptors (Lipinski definition) is 2. The third kappa shape index (κ3) is 2.89. The minimum atomic E-state index is 0.344. The van der Waals surface area contributed by atoms with E-state index in [2.05, 4.69) is 76.3 Å². The van der Waals surface area contributed by atoms with Gasteiger partial charge in [0.1, 0.15) is 0 Å². The number of benzene rings is 1. The normalized spacial score (nSPS) is 17.8. The van der Waals surface area contributed by atoms with Crippen LogP contribution in [-0.4, -0.2) is 32.3 Å². The van der Waals surface area contributed by atoms with E-state index in [-0.39, 0.29) is 0 Å². The molecule has 3 heterocycles. The molecule has 0 unspecified atom stereocenters. The first-order valence-electron chi connectivity index (χ1n) is 8.80. The molecule has 1 aliphatic rings. The highest BCUT2D eigenvalue weighted by Crippen LogP contribution is 2.32. The molecule has 0 aliphatic carbocycles. The Morgan fingerprint density at radius 1 is 1.08 bits per heavy atom. The van der Waals surface area contributed by atoms with E-state index in [1.54, 1.807) is 0 Å². The Hall–Kier alpha value is -2.33. The molecule has 0 N–H and O–H groups in total. The van der Waals surface area contributed by atoms with E-state index in [4.69, 9.17) is 0 Å². The van der Waals surface area contributed by atoms with Gasteiger partial charge < -0.3 is 4.57 Å². The number of rotatable bonds is 5. The zero-order valence-corrected chi connectivity index (χ0v) is 14.2. The molecule has 3 aromatic rings. The van der Waals surface area contributed by atoms with Gasteiger partial charge in [0.2, 0.25) is 0 Å². The summed E-state index contributed by atoms with van der Waals surface area (Å²) in [5.41, 5.74) is 4.10. The lowest BCUT2D eigenvalue weighted by atomic mass is 9.99. The zero-order chi connectivity index (χ0) is 16.4. The van der Waals surface area contributed by atoms with Crippen LogP contribution in [0.2, 0.25) is 0 Å². The molecule has 0 fully saturated rings. The van der Waals surface area contributed by atoms with Crippen molar-refractivity contribution in [1.29, 1.82) is 0 Å². The SMILES string of the molecule is CCn1cc(CCN2CCn3cccc3[C@@H]2c2ccccc2)cn1. The van der Waals surface area contributed by atoms with Crippen molar-refractivity contribution in [3.8, 4) is 0 Å². The molecule has 0 amide bonds. The molecule has 2 aromatic heterocycles. The van der Waals surface area contributed by atoms with Gasteiger partial charge in [-0.05, 0) is 36.6 Å². The molecular weight excluding hydrogens is 296 g/mol. The maximum absolute atomic E-state index is 4.40. The molecule has 24 heavy (non-hydrogen) atoms. The van der Waals surface area contributed by atoms with Gasteiger partial charge in [-0.1, -0.05) is 30.3 Å². The monoisotopic (exact) mass is 320 g/mol. The fourth-order valence-electron chi connectivity index (χ4n) is 3.67. The molecule has 4 rings (SSSR count). The van der Waals surface area contributed by atoms with Crippen molar-refractivity contribution in [2.45, 2.75) is 32.5 Å². The molecule has 0 bridgehead atoms. The maximum atomic E-state index is 4.40. The second-order valence-corrected chi connectivity index (χ2v) is 6.43. The molecule has 124 valence electrons. The number of hydrogen-bond donors (Lipinski definition) is 0. The van der Waals surface area contributed by atoms with Gasteiger partial charge >= 0.3 is 0 Å². The van der Waals surface area contributed by atoms with E-state index < -0.39 is 0 Å². The van der Waals surface area contributed by atoms with Crippen molar-refractivity contribution in [3.63, 3.8) is 0 Å². The third-order valence-electron chi connectivity index (χ3n) is 4.95. The van der Waals surface area contributed by atoms with Gasteiger partial charge in [0, 0.05) is 44.3 Å². The van der Waals surface area contributed by atoms with Gasteiger partial charge in [0.25, 0.3) is 0 Å². The third-order valence-corrected chi connectivity index (χ3v) is 4.95. The van der Waals surface area contributed by atoms with E-state index in [0.717, 1.165) is 32.6 Å². The van der Waals surface area contributed by atoms with E-state index in [1.165, 1.54) is 16.8 Å². The Morgan fingerprint density at radius 2 is 1.96 bits per heavy atom. The van der Waals surface area contributed by atoms with Crippen LogP contribution in [0.3, 0.4) is 0 Å². The molecule has 1 atom stereocenters. The number of aromatic nitrogens is 3. The molecule has 4 heteroatoms. The summed E-state index contributed by atoms with van der Waals surface area (Å²) in [6.45, 7) is 6.27. The molecular formula is C20H24N4. The predicted octanol–water partition coefficient (Wildman–Crippen LogP) is 3.35. The number of fused-ring (bicyclic) bond motifs is 1. The molecule has 1 aliphatic heterocycles. The van der Waals surface area contributed by atoms with E-state index in [9.17, 15) is 0 Å². The van der Waals surface area contributed by atoms with Gasteiger partial charge in [-0.25, -0.2) is 0 Å². The number of aryl methyl sites for hydroxylation is 1. The second kappa shape index (κ2) is 6.65. The van der Waals surface area contributed by atoms with E-state index >= 15 is 0 Å². The van der Waals surface area contributed by atoms with Crippen molar-refractivity contribution in [3.05, 3.63) is 77.9 Å². The Balaban J connectivity index is 1.57. The first-order valence-corrected chi connectivity index (χ1v) is 8.80. The maximum Gasteiger partial charge on any atom is 0.0756 e. The summed E-state index contributed by atoms with van der Waals surface area (Å²) in [6, 6.07) is 15.6. The highest BCUT2D eigenvalue weighted by atomic mass is 15.3.